The molecule has 0 spiro atoms. The number of phenols is 1. The van der Waals surface area contributed by atoms with E-state index < -0.39 is 0 Å². The molecule has 1 fully saturated rings. The van der Waals surface area contributed by atoms with Crippen molar-refractivity contribution in [2.24, 2.45) is 0 Å². The molecule has 4 heteroatoms. The molecule has 3 rings (SSSR count). The molecule has 0 unspecified atom stereocenters. The predicted octanol–water partition coefficient (Wildman–Crippen LogP) is 1.31. The Kier molecular flexibility index (Phi) is 4.49. The molecule has 1 aliphatic rings. The standard InChI is InChI=1S/C18H22N2O2/c1-22-18-8-7-15(13-17(18)21)14-19-9-11-20(12-10-19)16-5-3-2-4-6-16/h2-8,13,21H,9-12,14H2,1H3/p+1. The first-order chi connectivity index (χ1) is 10.8. The van der Waals surface area contributed by atoms with Crippen LogP contribution in [0.5, 0.6) is 11.5 Å². The summed E-state index contributed by atoms with van der Waals surface area (Å²) in [7, 11) is 1.57. The van der Waals surface area contributed by atoms with Gasteiger partial charge in [0.1, 0.15) is 6.54 Å². The van der Waals surface area contributed by atoms with Gasteiger partial charge in [0.2, 0.25) is 0 Å². The molecule has 1 aliphatic heterocycles. The first-order valence-electron chi connectivity index (χ1n) is 7.75. The number of para-hydroxylation sites is 1. The highest BCUT2D eigenvalue weighted by Crippen LogP contribution is 2.25. The normalized spacial score (nSPS) is 15.8. The summed E-state index contributed by atoms with van der Waals surface area (Å²) in [6.45, 7) is 5.31. The highest BCUT2D eigenvalue weighted by Gasteiger charge is 2.20. The van der Waals surface area contributed by atoms with E-state index in [-0.39, 0.29) is 5.75 Å². The first-order valence-corrected chi connectivity index (χ1v) is 7.75. The molecule has 0 atom stereocenters. The Hall–Kier alpha value is -2.20. The zero-order chi connectivity index (χ0) is 15.4. The van der Waals surface area contributed by atoms with E-state index in [2.05, 4.69) is 35.2 Å². The summed E-state index contributed by atoms with van der Waals surface area (Å²) >= 11 is 0. The van der Waals surface area contributed by atoms with Gasteiger partial charge < -0.3 is 19.6 Å². The van der Waals surface area contributed by atoms with Gasteiger partial charge in [0.25, 0.3) is 0 Å². The lowest BCUT2D eigenvalue weighted by Crippen LogP contribution is -3.13. The summed E-state index contributed by atoms with van der Waals surface area (Å²) in [5.41, 5.74) is 2.46. The van der Waals surface area contributed by atoms with Crippen molar-refractivity contribution in [2.75, 3.05) is 38.2 Å². The molecule has 2 aromatic carbocycles. The molecular weight excluding hydrogens is 276 g/mol. The molecule has 116 valence electrons. The lowest BCUT2D eigenvalue weighted by molar-refractivity contribution is -0.914. The minimum absolute atomic E-state index is 0.224. The van der Waals surface area contributed by atoms with Gasteiger partial charge in [-0.05, 0) is 30.3 Å². The predicted molar refractivity (Wildman–Crippen MR) is 87.7 cm³/mol. The van der Waals surface area contributed by atoms with Gasteiger partial charge in [0, 0.05) is 11.3 Å². The van der Waals surface area contributed by atoms with E-state index in [4.69, 9.17) is 4.74 Å². The van der Waals surface area contributed by atoms with Crippen LogP contribution in [0.3, 0.4) is 0 Å². The number of benzene rings is 2. The van der Waals surface area contributed by atoms with E-state index in [0.717, 1.165) is 38.3 Å². The molecule has 1 saturated heterocycles. The summed E-state index contributed by atoms with van der Waals surface area (Å²) in [6, 6.07) is 16.3. The fourth-order valence-corrected chi connectivity index (χ4v) is 3.03. The van der Waals surface area contributed by atoms with Crippen LogP contribution in [0.1, 0.15) is 5.56 Å². The summed E-state index contributed by atoms with van der Waals surface area (Å²) in [6.07, 6.45) is 0. The average Bonchev–Trinajstić information content (AvgIpc) is 2.57. The van der Waals surface area contributed by atoms with Gasteiger partial charge in [-0.15, -0.1) is 0 Å². The van der Waals surface area contributed by atoms with Crippen molar-refractivity contribution in [1.82, 2.24) is 0 Å². The number of quaternary nitrogens is 1. The van der Waals surface area contributed by atoms with Gasteiger partial charge in [0.05, 0.1) is 33.3 Å². The zero-order valence-corrected chi connectivity index (χ0v) is 13.0. The van der Waals surface area contributed by atoms with Crippen molar-refractivity contribution in [3.05, 3.63) is 54.1 Å². The van der Waals surface area contributed by atoms with E-state index >= 15 is 0 Å². The zero-order valence-electron chi connectivity index (χ0n) is 13.0. The van der Waals surface area contributed by atoms with Crippen molar-refractivity contribution in [3.8, 4) is 11.5 Å². The van der Waals surface area contributed by atoms with Crippen LogP contribution < -0.4 is 14.5 Å². The molecule has 0 bridgehead atoms. The molecule has 22 heavy (non-hydrogen) atoms. The quantitative estimate of drug-likeness (QED) is 0.894. The Bertz CT molecular complexity index is 608. The van der Waals surface area contributed by atoms with Gasteiger partial charge in [0.15, 0.2) is 11.5 Å². The molecular formula is C18H23N2O2+. The van der Waals surface area contributed by atoms with Crippen molar-refractivity contribution < 1.29 is 14.7 Å². The third kappa shape index (κ3) is 3.34. The van der Waals surface area contributed by atoms with Crippen LogP contribution in [0.15, 0.2) is 48.5 Å². The van der Waals surface area contributed by atoms with Gasteiger partial charge >= 0.3 is 0 Å². The maximum atomic E-state index is 9.87. The van der Waals surface area contributed by atoms with Gasteiger partial charge in [-0.25, -0.2) is 0 Å². The fourth-order valence-electron chi connectivity index (χ4n) is 3.03. The lowest BCUT2D eigenvalue weighted by atomic mass is 10.1. The van der Waals surface area contributed by atoms with E-state index in [9.17, 15) is 5.11 Å². The number of phenolic OH excluding ortho intramolecular Hbond substituents is 1. The highest BCUT2D eigenvalue weighted by molar-refractivity contribution is 5.46. The summed E-state index contributed by atoms with van der Waals surface area (Å²) in [5.74, 6) is 0.759. The molecule has 0 radical (unpaired) electrons. The number of hydrogen-bond acceptors (Lipinski definition) is 3. The second-order valence-electron chi connectivity index (χ2n) is 5.76. The third-order valence-electron chi connectivity index (χ3n) is 4.29. The minimum Gasteiger partial charge on any atom is -0.504 e. The van der Waals surface area contributed by atoms with Crippen molar-refractivity contribution in [2.45, 2.75) is 6.54 Å². The lowest BCUT2D eigenvalue weighted by Gasteiger charge is -2.33. The number of piperazine rings is 1. The van der Waals surface area contributed by atoms with Crippen LogP contribution in [-0.4, -0.2) is 38.4 Å². The SMILES string of the molecule is COc1ccc(C[NH+]2CCN(c3ccccc3)CC2)cc1O. The van der Waals surface area contributed by atoms with Crippen LogP contribution >= 0.6 is 0 Å². The summed E-state index contributed by atoms with van der Waals surface area (Å²) in [4.78, 5) is 3.99. The smallest absolute Gasteiger partial charge is 0.160 e. The minimum atomic E-state index is 0.224. The van der Waals surface area contributed by atoms with Crippen LogP contribution in [0.25, 0.3) is 0 Å². The molecule has 0 amide bonds. The first kappa shape index (κ1) is 14.7. The average molecular weight is 299 g/mol. The largest absolute Gasteiger partial charge is 0.504 e. The number of nitrogens with one attached hydrogen (secondary N) is 1. The number of ether oxygens (including phenoxy) is 1. The van der Waals surface area contributed by atoms with E-state index in [1.54, 1.807) is 12.0 Å². The fraction of sp³-hybridized carbons (Fsp3) is 0.333. The molecule has 0 aliphatic carbocycles. The third-order valence-corrected chi connectivity index (χ3v) is 4.29. The van der Waals surface area contributed by atoms with E-state index in [1.807, 2.05) is 18.2 Å². The number of rotatable bonds is 4. The molecule has 2 aromatic rings. The second kappa shape index (κ2) is 6.71. The van der Waals surface area contributed by atoms with Crippen molar-refractivity contribution in [1.29, 1.82) is 0 Å². The van der Waals surface area contributed by atoms with Crippen LogP contribution in [0, 0.1) is 0 Å². The molecule has 2 N–H and O–H groups in total. The van der Waals surface area contributed by atoms with Gasteiger partial charge in [-0.1, -0.05) is 18.2 Å². The maximum absolute atomic E-state index is 9.87. The Balaban J connectivity index is 1.57. The Morgan fingerprint density at radius 2 is 1.82 bits per heavy atom. The van der Waals surface area contributed by atoms with Gasteiger partial charge in [-0.3, -0.25) is 0 Å². The van der Waals surface area contributed by atoms with Crippen molar-refractivity contribution in [3.63, 3.8) is 0 Å². The summed E-state index contributed by atoms with van der Waals surface area (Å²) < 4.78 is 5.09. The molecule has 0 aromatic heterocycles. The highest BCUT2D eigenvalue weighted by atomic mass is 16.5. The van der Waals surface area contributed by atoms with Crippen molar-refractivity contribution >= 4 is 5.69 Å². The second-order valence-corrected chi connectivity index (χ2v) is 5.76. The molecule has 4 nitrogen and oxygen atoms in total. The molecule has 0 saturated carbocycles. The maximum Gasteiger partial charge on any atom is 0.160 e. The van der Waals surface area contributed by atoms with Crippen LogP contribution in [-0.2, 0) is 6.54 Å². The van der Waals surface area contributed by atoms with E-state index in [0.29, 0.717) is 5.75 Å². The number of hydrogen-bond donors (Lipinski definition) is 2. The van der Waals surface area contributed by atoms with E-state index in [1.165, 1.54) is 5.69 Å². The Morgan fingerprint density at radius 3 is 2.45 bits per heavy atom. The number of anilines is 1. The Labute approximate surface area is 131 Å². The van der Waals surface area contributed by atoms with Crippen LogP contribution in [0.2, 0.25) is 0 Å². The monoisotopic (exact) mass is 299 g/mol. The summed E-state index contributed by atoms with van der Waals surface area (Å²) in [5, 5.41) is 9.87. The van der Waals surface area contributed by atoms with Gasteiger partial charge in [-0.2, -0.15) is 0 Å². The Morgan fingerprint density at radius 1 is 1.09 bits per heavy atom. The number of aromatic hydroxyl groups is 1. The van der Waals surface area contributed by atoms with Crippen LogP contribution in [0.4, 0.5) is 5.69 Å². The number of nitrogens with zero attached hydrogens (tertiary/aromatic N) is 1. The number of methoxy groups -OCH3 is 1. The topological polar surface area (TPSA) is 37.1 Å². The molecule has 1 heterocycles.